The van der Waals surface area contributed by atoms with E-state index in [4.69, 9.17) is 24.1 Å². The number of esters is 1. The van der Waals surface area contributed by atoms with Crippen LogP contribution >= 0.6 is 0 Å². The summed E-state index contributed by atoms with van der Waals surface area (Å²) < 4.78 is 22.3. The van der Waals surface area contributed by atoms with E-state index in [1.54, 1.807) is 25.3 Å². The predicted octanol–water partition coefficient (Wildman–Crippen LogP) is 3.11. The fourth-order valence-electron chi connectivity index (χ4n) is 3.59. The first kappa shape index (κ1) is 20.8. The van der Waals surface area contributed by atoms with Gasteiger partial charge in [-0.05, 0) is 42.2 Å². The van der Waals surface area contributed by atoms with Gasteiger partial charge in [0.25, 0.3) is 0 Å². The predicted molar refractivity (Wildman–Crippen MR) is 106 cm³/mol. The van der Waals surface area contributed by atoms with Crippen LogP contribution in [-0.2, 0) is 16.0 Å². The Morgan fingerprint density at radius 3 is 2.55 bits per heavy atom. The molecule has 0 unspecified atom stereocenters. The summed E-state index contributed by atoms with van der Waals surface area (Å²) in [7, 11) is 3.06. The van der Waals surface area contributed by atoms with Crippen LogP contribution in [0.2, 0.25) is 0 Å². The van der Waals surface area contributed by atoms with Crippen molar-refractivity contribution in [1.29, 1.82) is 0 Å². The Kier molecular flexibility index (Phi) is 6.49. The molecule has 0 spiro atoms. The molecule has 1 aliphatic heterocycles. The number of rotatable bonds is 8. The zero-order valence-electron chi connectivity index (χ0n) is 16.8. The largest absolute Gasteiger partial charge is 0.504 e. The molecule has 0 aliphatic carbocycles. The summed E-state index contributed by atoms with van der Waals surface area (Å²) >= 11 is 0. The van der Waals surface area contributed by atoms with E-state index in [-0.39, 0.29) is 30.9 Å². The van der Waals surface area contributed by atoms with E-state index in [1.165, 1.54) is 14.0 Å². The fourth-order valence-corrected chi connectivity index (χ4v) is 3.59. The van der Waals surface area contributed by atoms with Crippen LogP contribution in [0.1, 0.15) is 42.1 Å². The van der Waals surface area contributed by atoms with Crippen LogP contribution in [-0.4, -0.2) is 43.6 Å². The Morgan fingerprint density at radius 2 is 1.90 bits per heavy atom. The van der Waals surface area contributed by atoms with E-state index < -0.39 is 6.10 Å². The summed E-state index contributed by atoms with van der Waals surface area (Å²) in [5.41, 5.74) is 2.68. The number of phenolic OH excluding ortho intramolecular Hbond substituents is 1. The Labute approximate surface area is 169 Å². The van der Waals surface area contributed by atoms with Crippen molar-refractivity contribution in [3.05, 3.63) is 47.0 Å². The first-order valence-corrected chi connectivity index (χ1v) is 9.47. The number of aryl methyl sites for hydroxylation is 1. The standard InChI is InChI=1S/C22H26O7/c1-13(24)28-12-17-16-9-14(5-4-8-23)10-20(27-3)22(16)29-21(17)15-6-7-18(25)19(11-15)26-2/h6-7,9-11,17,21,23,25H,4-5,8,12H2,1-3H3/t17-,21+/m0/s1. The molecule has 3 rings (SSSR count). The van der Waals surface area contributed by atoms with Gasteiger partial charge in [-0.15, -0.1) is 0 Å². The monoisotopic (exact) mass is 402 g/mol. The average molecular weight is 402 g/mol. The zero-order chi connectivity index (χ0) is 21.0. The number of phenols is 1. The van der Waals surface area contributed by atoms with Crippen molar-refractivity contribution in [3.8, 4) is 23.0 Å². The number of carbonyl (C=O) groups excluding carboxylic acids is 1. The number of aliphatic hydroxyl groups excluding tert-OH is 1. The van der Waals surface area contributed by atoms with Gasteiger partial charge >= 0.3 is 5.97 Å². The van der Waals surface area contributed by atoms with E-state index in [2.05, 4.69) is 0 Å². The molecule has 156 valence electrons. The normalized spacial score (nSPS) is 17.4. The first-order valence-electron chi connectivity index (χ1n) is 9.47. The molecular formula is C22H26O7. The van der Waals surface area contributed by atoms with Gasteiger partial charge in [0, 0.05) is 19.1 Å². The lowest BCUT2D eigenvalue weighted by Crippen LogP contribution is -2.17. The third-order valence-electron chi connectivity index (χ3n) is 5.00. The van der Waals surface area contributed by atoms with Gasteiger partial charge in [0.15, 0.2) is 23.0 Å². The lowest BCUT2D eigenvalue weighted by molar-refractivity contribution is -0.141. The highest BCUT2D eigenvalue weighted by molar-refractivity contribution is 5.66. The molecule has 2 atom stereocenters. The summed E-state index contributed by atoms with van der Waals surface area (Å²) in [6.07, 6.45) is 0.884. The molecule has 29 heavy (non-hydrogen) atoms. The van der Waals surface area contributed by atoms with Crippen LogP contribution in [0.15, 0.2) is 30.3 Å². The molecule has 0 fully saturated rings. The molecule has 0 bridgehead atoms. The molecule has 7 heteroatoms. The van der Waals surface area contributed by atoms with Gasteiger partial charge in [-0.2, -0.15) is 0 Å². The lowest BCUT2D eigenvalue weighted by atomic mass is 9.90. The van der Waals surface area contributed by atoms with E-state index in [1.807, 2.05) is 12.1 Å². The Balaban J connectivity index is 2.03. The van der Waals surface area contributed by atoms with Crippen LogP contribution in [0, 0.1) is 0 Å². The quantitative estimate of drug-likeness (QED) is 0.655. The molecular weight excluding hydrogens is 376 g/mol. The summed E-state index contributed by atoms with van der Waals surface area (Å²) in [5, 5.41) is 19.1. The van der Waals surface area contributed by atoms with Gasteiger partial charge in [0.05, 0.1) is 20.1 Å². The summed E-state index contributed by atoms with van der Waals surface area (Å²) in [4.78, 5) is 11.5. The van der Waals surface area contributed by atoms with Crippen LogP contribution in [0.25, 0.3) is 0 Å². The van der Waals surface area contributed by atoms with Crippen molar-refractivity contribution >= 4 is 5.97 Å². The zero-order valence-corrected chi connectivity index (χ0v) is 16.8. The number of hydrogen-bond acceptors (Lipinski definition) is 7. The van der Waals surface area contributed by atoms with Crippen LogP contribution in [0.3, 0.4) is 0 Å². The molecule has 0 saturated heterocycles. The second-order valence-corrected chi connectivity index (χ2v) is 6.92. The molecule has 1 aliphatic rings. The maximum Gasteiger partial charge on any atom is 0.302 e. The number of fused-ring (bicyclic) bond motifs is 1. The van der Waals surface area contributed by atoms with Crippen molar-refractivity contribution in [2.24, 2.45) is 0 Å². The maximum absolute atomic E-state index is 11.5. The molecule has 2 aromatic carbocycles. The van der Waals surface area contributed by atoms with Crippen molar-refractivity contribution in [2.75, 3.05) is 27.4 Å². The highest BCUT2D eigenvalue weighted by Gasteiger charge is 2.39. The van der Waals surface area contributed by atoms with Gasteiger partial charge in [-0.25, -0.2) is 0 Å². The highest BCUT2D eigenvalue weighted by Crippen LogP contribution is 2.51. The second kappa shape index (κ2) is 9.05. The Morgan fingerprint density at radius 1 is 1.14 bits per heavy atom. The van der Waals surface area contributed by atoms with Gasteiger partial charge in [-0.1, -0.05) is 12.1 Å². The van der Waals surface area contributed by atoms with Crippen molar-refractivity contribution in [1.82, 2.24) is 0 Å². The third kappa shape index (κ3) is 4.40. The van der Waals surface area contributed by atoms with Crippen LogP contribution in [0.4, 0.5) is 0 Å². The van der Waals surface area contributed by atoms with Crippen LogP contribution < -0.4 is 14.2 Å². The topological polar surface area (TPSA) is 94.5 Å². The second-order valence-electron chi connectivity index (χ2n) is 6.92. The fraction of sp³-hybridized carbons (Fsp3) is 0.409. The minimum absolute atomic E-state index is 0.0344. The molecule has 0 radical (unpaired) electrons. The maximum atomic E-state index is 11.5. The molecule has 0 aromatic heterocycles. The third-order valence-corrected chi connectivity index (χ3v) is 5.00. The summed E-state index contributed by atoms with van der Waals surface area (Å²) in [6.45, 7) is 1.61. The molecule has 7 nitrogen and oxygen atoms in total. The molecule has 1 heterocycles. The van der Waals surface area contributed by atoms with Gasteiger partial charge in [0.2, 0.25) is 0 Å². The minimum atomic E-state index is -0.444. The highest BCUT2D eigenvalue weighted by atomic mass is 16.5. The average Bonchev–Trinajstić information content (AvgIpc) is 3.08. The number of aliphatic hydroxyl groups is 1. The van der Waals surface area contributed by atoms with Gasteiger partial charge in [0.1, 0.15) is 12.7 Å². The SMILES string of the molecule is COc1cc([C@H]2Oc3c(OC)cc(CCCO)cc3[C@@H]2COC(C)=O)ccc1O. The van der Waals surface area contributed by atoms with E-state index in [0.29, 0.717) is 30.1 Å². The minimum Gasteiger partial charge on any atom is -0.504 e. The summed E-state index contributed by atoms with van der Waals surface area (Å²) in [5.74, 6) is 0.942. The number of benzene rings is 2. The number of aromatic hydroxyl groups is 1. The molecule has 0 amide bonds. The number of methoxy groups -OCH3 is 2. The number of carbonyl (C=O) groups is 1. The number of hydrogen-bond donors (Lipinski definition) is 2. The Hall–Kier alpha value is -2.93. The van der Waals surface area contributed by atoms with Crippen molar-refractivity contribution in [3.63, 3.8) is 0 Å². The smallest absolute Gasteiger partial charge is 0.302 e. The van der Waals surface area contributed by atoms with E-state index in [9.17, 15) is 9.90 Å². The van der Waals surface area contributed by atoms with E-state index in [0.717, 1.165) is 16.7 Å². The van der Waals surface area contributed by atoms with Crippen LogP contribution in [0.5, 0.6) is 23.0 Å². The molecule has 2 N–H and O–H groups in total. The van der Waals surface area contributed by atoms with Crippen molar-refractivity contribution < 1.29 is 34.0 Å². The molecule has 0 saturated carbocycles. The molecule has 2 aromatic rings. The lowest BCUT2D eigenvalue weighted by Gasteiger charge is -2.20. The first-order chi connectivity index (χ1) is 14.0. The Bertz CT molecular complexity index is 878. The summed E-state index contributed by atoms with van der Waals surface area (Å²) in [6, 6.07) is 8.93. The van der Waals surface area contributed by atoms with Gasteiger partial charge < -0.3 is 29.2 Å². The van der Waals surface area contributed by atoms with Crippen molar-refractivity contribution in [2.45, 2.75) is 31.8 Å². The van der Waals surface area contributed by atoms with Gasteiger partial charge in [-0.3, -0.25) is 4.79 Å². The number of ether oxygens (including phenoxy) is 4. The van der Waals surface area contributed by atoms with E-state index >= 15 is 0 Å².